The van der Waals surface area contributed by atoms with Crippen LogP contribution in [0.4, 0.5) is 0 Å². The Labute approximate surface area is 109 Å². The lowest BCUT2D eigenvalue weighted by atomic mass is 10.1. The van der Waals surface area contributed by atoms with Crippen LogP contribution in [0.2, 0.25) is 0 Å². The van der Waals surface area contributed by atoms with Crippen LogP contribution in [0.5, 0.6) is 0 Å². The summed E-state index contributed by atoms with van der Waals surface area (Å²) in [6.45, 7) is 2.03. The number of nitrogens with two attached hydrogens (primary N) is 1. The van der Waals surface area contributed by atoms with Gasteiger partial charge in [-0.05, 0) is 30.7 Å². The van der Waals surface area contributed by atoms with Crippen LogP contribution in [-0.4, -0.2) is 30.5 Å². The van der Waals surface area contributed by atoms with Crippen molar-refractivity contribution < 1.29 is 9.63 Å². The molecule has 0 aromatic heterocycles. The molecule has 0 saturated carbocycles. The molecule has 1 aliphatic rings. The summed E-state index contributed by atoms with van der Waals surface area (Å²) in [6.07, 6.45) is 0.958. The molecule has 1 atom stereocenters. The normalized spacial score (nSPS) is 19.6. The Morgan fingerprint density at radius 1 is 1.47 bits per heavy atom. The Morgan fingerprint density at radius 3 is 2.82 bits per heavy atom. The monoisotopic (exact) mass is 298 g/mol. The summed E-state index contributed by atoms with van der Waals surface area (Å²) in [5, 5.41) is 0. The van der Waals surface area contributed by atoms with Gasteiger partial charge < -0.3 is 9.74 Å². The minimum absolute atomic E-state index is 0.0806. The summed E-state index contributed by atoms with van der Waals surface area (Å²) >= 11 is 3.35. The van der Waals surface area contributed by atoms with Gasteiger partial charge in [0.25, 0.3) is 5.91 Å². The zero-order valence-corrected chi connectivity index (χ0v) is 11.0. The molecule has 1 fully saturated rings. The number of likely N-dealkylation sites (tertiary alicyclic amines) is 1. The Morgan fingerprint density at radius 2 is 2.18 bits per heavy atom. The maximum atomic E-state index is 12.1. The molecule has 1 saturated heterocycles. The molecule has 1 amide bonds. The first-order valence-electron chi connectivity index (χ1n) is 5.57. The van der Waals surface area contributed by atoms with Crippen LogP contribution < -0.4 is 5.90 Å². The molecule has 0 aliphatic carbocycles. The Bertz CT molecular complexity index is 394. The third-order valence-corrected chi connectivity index (χ3v) is 3.52. The van der Waals surface area contributed by atoms with E-state index in [1.54, 1.807) is 0 Å². The van der Waals surface area contributed by atoms with Gasteiger partial charge in [0.2, 0.25) is 0 Å². The number of carbonyl (C=O) groups is 1. The maximum Gasteiger partial charge on any atom is 0.253 e. The average Bonchev–Trinajstić information content (AvgIpc) is 2.78. The zero-order valence-electron chi connectivity index (χ0n) is 9.43. The molecular weight excluding hydrogens is 284 g/mol. The quantitative estimate of drug-likeness (QED) is 0.866. The first-order chi connectivity index (χ1) is 8.20. The van der Waals surface area contributed by atoms with Crippen LogP contribution in [0.1, 0.15) is 16.8 Å². The predicted molar refractivity (Wildman–Crippen MR) is 68.3 cm³/mol. The fraction of sp³-hybridized carbons (Fsp3) is 0.417. The van der Waals surface area contributed by atoms with Crippen molar-refractivity contribution in [2.75, 3.05) is 19.7 Å². The van der Waals surface area contributed by atoms with E-state index in [0.717, 1.165) is 29.5 Å². The van der Waals surface area contributed by atoms with Crippen molar-refractivity contribution in [3.05, 3.63) is 34.3 Å². The Hall–Kier alpha value is -0.910. The summed E-state index contributed by atoms with van der Waals surface area (Å²) < 4.78 is 0.977. The fourth-order valence-corrected chi connectivity index (χ4v) is 2.33. The molecule has 0 bridgehead atoms. The van der Waals surface area contributed by atoms with E-state index in [-0.39, 0.29) is 5.91 Å². The summed E-state index contributed by atoms with van der Waals surface area (Å²) in [5.41, 5.74) is 0.725. The highest BCUT2D eigenvalue weighted by Gasteiger charge is 2.26. The van der Waals surface area contributed by atoms with Gasteiger partial charge in [-0.3, -0.25) is 4.79 Å². The van der Waals surface area contributed by atoms with Crippen molar-refractivity contribution in [2.24, 2.45) is 11.8 Å². The maximum absolute atomic E-state index is 12.1. The number of halogens is 1. The summed E-state index contributed by atoms with van der Waals surface area (Å²) in [4.78, 5) is 18.6. The number of carbonyl (C=O) groups excluding carboxylic acids is 1. The standard InChI is InChI=1S/C12H15BrN2O2/c13-11-3-1-10(2-4-11)12(16)15-6-5-9(7-15)8-17-14/h1-4,9H,5-8,14H2. The van der Waals surface area contributed by atoms with Crippen LogP contribution in [0, 0.1) is 5.92 Å². The number of hydrogen-bond donors (Lipinski definition) is 1. The average molecular weight is 299 g/mol. The van der Waals surface area contributed by atoms with Gasteiger partial charge in [-0.15, -0.1) is 0 Å². The van der Waals surface area contributed by atoms with Crippen molar-refractivity contribution in [1.29, 1.82) is 0 Å². The third-order valence-electron chi connectivity index (χ3n) is 3.00. The van der Waals surface area contributed by atoms with Gasteiger partial charge in [-0.1, -0.05) is 15.9 Å². The SMILES string of the molecule is NOCC1CCN(C(=O)c2ccc(Br)cc2)C1. The van der Waals surface area contributed by atoms with E-state index < -0.39 is 0 Å². The lowest BCUT2D eigenvalue weighted by Gasteiger charge is -2.16. The second-order valence-electron chi connectivity index (χ2n) is 4.25. The first kappa shape index (κ1) is 12.5. The highest BCUT2D eigenvalue weighted by Crippen LogP contribution is 2.19. The molecule has 0 radical (unpaired) electrons. The fourth-order valence-electron chi connectivity index (χ4n) is 2.06. The first-order valence-corrected chi connectivity index (χ1v) is 6.36. The van der Waals surface area contributed by atoms with Gasteiger partial charge in [-0.2, -0.15) is 0 Å². The Balaban J connectivity index is 1.99. The van der Waals surface area contributed by atoms with E-state index in [0.29, 0.717) is 12.5 Å². The summed E-state index contributed by atoms with van der Waals surface area (Å²) in [7, 11) is 0. The van der Waals surface area contributed by atoms with Gasteiger partial charge in [0.05, 0.1) is 6.61 Å². The molecule has 1 heterocycles. The molecule has 1 aliphatic heterocycles. The predicted octanol–water partition coefficient (Wildman–Crippen LogP) is 1.80. The highest BCUT2D eigenvalue weighted by atomic mass is 79.9. The number of hydrogen-bond acceptors (Lipinski definition) is 3. The number of nitrogens with zero attached hydrogens (tertiary/aromatic N) is 1. The molecule has 0 spiro atoms. The highest BCUT2D eigenvalue weighted by molar-refractivity contribution is 9.10. The molecule has 17 heavy (non-hydrogen) atoms. The van der Waals surface area contributed by atoms with E-state index >= 15 is 0 Å². The molecule has 1 aromatic rings. The topological polar surface area (TPSA) is 55.6 Å². The minimum Gasteiger partial charge on any atom is -0.338 e. The van der Waals surface area contributed by atoms with Crippen molar-refractivity contribution in [3.63, 3.8) is 0 Å². The van der Waals surface area contributed by atoms with Crippen LogP contribution in [0.15, 0.2) is 28.7 Å². The minimum atomic E-state index is 0.0806. The molecule has 1 aromatic carbocycles. The van der Waals surface area contributed by atoms with Gasteiger partial charge in [0.15, 0.2) is 0 Å². The third kappa shape index (κ3) is 3.06. The lowest BCUT2D eigenvalue weighted by Crippen LogP contribution is -2.29. The molecule has 4 nitrogen and oxygen atoms in total. The van der Waals surface area contributed by atoms with E-state index in [2.05, 4.69) is 20.8 Å². The van der Waals surface area contributed by atoms with E-state index in [4.69, 9.17) is 5.90 Å². The van der Waals surface area contributed by atoms with Crippen molar-refractivity contribution in [3.8, 4) is 0 Å². The van der Waals surface area contributed by atoms with Crippen LogP contribution in [-0.2, 0) is 4.84 Å². The molecular formula is C12H15BrN2O2. The van der Waals surface area contributed by atoms with Crippen molar-refractivity contribution in [2.45, 2.75) is 6.42 Å². The summed E-state index contributed by atoms with van der Waals surface area (Å²) in [5.74, 6) is 5.49. The molecule has 2 rings (SSSR count). The van der Waals surface area contributed by atoms with Crippen molar-refractivity contribution >= 4 is 21.8 Å². The largest absolute Gasteiger partial charge is 0.338 e. The van der Waals surface area contributed by atoms with E-state index in [1.165, 1.54) is 0 Å². The van der Waals surface area contributed by atoms with Gasteiger partial charge in [0.1, 0.15) is 0 Å². The molecule has 2 N–H and O–H groups in total. The smallest absolute Gasteiger partial charge is 0.253 e. The van der Waals surface area contributed by atoms with Gasteiger partial charge >= 0.3 is 0 Å². The van der Waals surface area contributed by atoms with E-state index in [9.17, 15) is 4.79 Å². The van der Waals surface area contributed by atoms with Crippen LogP contribution in [0.3, 0.4) is 0 Å². The molecule has 92 valence electrons. The lowest BCUT2D eigenvalue weighted by molar-refractivity contribution is 0.0754. The Kier molecular flexibility index (Phi) is 4.15. The zero-order chi connectivity index (χ0) is 12.3. The molecule has 1 unspecified atom stereocenters. The van der Waals surface area contributed by atoms with Gasteiger partial charge in [0, 0.05) is 29.0 Å². The van der Waals surface area contributed by atoms with Crippen LogP contribution in [0.25, 0.3) is 0 Å². The van der Waals surface area contributed by atoms with Gasteiger partial charge in [-0.25, -0.2) is 5.90 Å². The number of rotatable bonds is 3. The van der Waals surface area contributed by atoms with E-state index in [1.807, 2.05) is 29.2 Å². The van der Waals surface area contributed by atoms with Crippen molar-refractivity contribution in [1.82, 2.24) is 4.90 Å². The number of amides is 1. The second kappa shape index (κ2) is 5.62. The molecule has 5 heteroatoms. The summed E-state index contributed by atoms with van der Waals surface area (Å²) in [6, 6.07) is 7.42. The number of benzene rings is 1. The second-order valence-corrected chi connectivity index (χ2v) is 5.16. The van der Waals surface area contributed by atoms with Crippen LogP contribution >= 0.6 is 15.9 Å².